The van der Waals surface area contributed by atoms with Crippen molar-refractivity contribution in [2.75, 3.05) is 6.54 Å². The molecule has 1 aliphatic rings. The minimum atomic E-state index is -0.835. The maximum absolute atomic E-state index is 11.3. The van der Waals surface area contributed by atoms with E-state index in [2.05, 4.69) is 0 Å². The second-order valence-electron chi connectivity index (χ2n) is 4.74. The van der Waals surface area contributed by atoms with E-state index in [1.165, 1.54) is 0 Å². The van der Waals surface area contributed by atoms with E-state index in [0.29, 0.717) is 6.29 Å². The summed E-state index contributed by atoms with van der Waals surface area (Å²) in [5.74, 6) is 0.174. The van der Waals surface area contributed by atoms with E-state index in [-0.39, 0.29) is 13.2 Å². The average molecular weight is 286 g/mol. The first-order valence-electron chi connectivity index (χ1n) is 6.65. The van der Waals surface area contributed by atoms with E-state index in [4.69, 9.17) is 4.74 Å². The second-order valence-corrected chi connectivity index (χ2v) is 4.74. The van der Waals surface area contributed by atoms with Crippen molar-refractivity contribution in [2.45, 2.75) is 12.7 Å². The molecule has 1 fully saturated rings. The third kappa shape index (κ3) is 4.63. The van der Waals surface area contributed by atoms with Gasteiger partial charge in [-0.2, -0.15) is 0 Å². The maximum atomic E-state index is 11.3. The number of rotatable bonds is 8. The van der Waals surface area contributed by atoms with E-state index in [9.17, 15) is 14.9 Å². The van der Waals surface area contributed by atoms with Crippen molar-refractivity contribution in [1.29, 1.82) is 0 Å². The van der Waals surface area contributed by atoms with Gasteiger partial charge in [-0.3, -0.25) is 10.1 Å². The summed E-state index contributed by atoms with van der Waals surface area (Å²) in [4.78, 5) is 21.7. The fourth-order valence-electron chi connectivity index (χ4n) is 2.21. The Morgan fingerprint density at radius 1 is 1.19 bits per heavy atom. The first-order valence-corrected chi connectivity index (χ1v) is 6.65. The van der Waals surface area contributed by atoms with Gasteiger partial charge >= 0.3 is 0 Å². The van der Waals surface area contributed by atoms with Crippen LogP contribution in [-0.2, 0) is 16.1 Å². The predicted molar refractivity (Wildman–Crippen MR) is 76.9 cm³/mol. The number of carbonyl (C=O) groups is 1. The Morgan fingerprint density at radius 2 is 1.86 bits per heavy atom. The average Bonchev–Trinajstić information content (AvgIpc) is 3.01. The highest BCUT2D eigenvalue weighted by molar-refractivity contribution is 5.59. The molecule has 5 nitrogen and oxygen atoms in total. The van der Waals surface area contributed by atoms with Crippen LogP contribution < -0.4 is 0 Å². The van der Waals surface area contributed by atoms with E-state index < -0.39 is 16.9 Å². The van der Waals surface area contributed by atoms with Crippen molar-refractivity contribution in [1.82, 2.24) is 0 Å². The summed E-state index contributed by atoms with van der Waals surface area (Å²) in [6, 6.07) is 9.40. The molecular formula is C16H16NO4. The van der Waals surface area contributed by atoms with Crippen LogP contribution in [0.25, 0.3) is 0 Å². The van der Waals surface area contributed by atoms with Crippen molar-refractivity contribution in [3.63, 3.8) is 0 Å². The molecule has 0 saturated heterocycles. The van der Waals surface area contributed by atoms with Gasteiger partial charge in [0, 0.05) is 4.92 Å². The van der Waals surface area contributed by atoms with Gasteiger partial charge in [-0.15, -0.1) is 0 Å². The molecule has 21 heavy (non-hydrogen) atoms. The van der Waals surface area contributed by atoms with Gasteiger partial charge in [0.05, 0.1) is 12.5 Å². The van der Waals surface area contributed by atoms with Crippen LogP contribution in [0.2, 0.25) is 0 Å². The standard InChI is InChI=1S/C16H16NO4/c18-11-16(21-12-13-6-2-1-3-7-13)15(10-17(19)20)14-8-4-5-9-14/h1-9,11,15-16H,10,12H2/t15-,16+/m1/s1. The summed E-state index contributed by atoms with van der Waals surface area (Å²) in [5, 5.41) is 10.8. The van der Waals surface area contributed by atoms with Crippen molar-refractivity contribution < 1.29 is 14.5 Å². The molecule has 1 aromatic carbocycles. The third-order valence-electron chi connectivity index (χ3n) is 3.28. The molecule has 0 N–H and O–H groups in total. The number of aldehydes is 1. The van der Waals surface area contributed by atoms with Crippen molar-refractivity contribution in [2.24, 2.45) is 5.92 Å². The lowest BCUT2D eigenvalue weighted by Crippen LogP contribution is -2.35. The summed E-state index contributed by atoms with van der Waals surface area (Å²) >= 11 is 0. The van der Waals surface area contributed by atoms with Crippen LogP contribution in [0, 0.1) is 47.6 Å². The van der Waals surface area contributed by atoms with Gasteiger partial charge < -0.3 is 9.53 Å². The minimum Gasteiger partial charge on any atom is -0.365 e. The van der Waals surface area contributed by atoms with Gasteiger partial charge in [-0.05, 0) is 37.2 Å². The molecule has 2 rings (SSSR count). The van der Waals surface area contributed by atoms with Gasteiger partial charge in [0.2, 0.25) is 6.54 Å². The van der Waals surface area contributed by atoms with E-state index in [0.717, 1.165) is 11.5 Å². The van der Waals surface area contributed by atoms with Gasteiger partial charge in [-0.1, -0.05) is 30.3 Å². The van der Waals surface area contributed by atoms with Crippen LogP contribution in [-0.4, -0.2) is 23.9 Å². The van der Waals surface area contributed by atoms with Gasteiger partial charge in [0.1, 0.15) is 12.4 Å². The van der Waals surface area contributed by atoms with Gasteiger partial charge in [-0.25, -0.2) is 0 Å². The lowest BCUT2D eigenvalue weighted by Gasteiger charge is -2.24. The molecule has 5 heteroatoms. The maximum Gasteiger partial charge on any atom is 0.210 e. The molecular weight excluding hydrogens is 270 g/mol. The second kappa shape index (κ2) is 7.88. The molecule has 1 aromatic rings. The summed E-state index contributed by atoms with van der Waals surface area (Å²) in [6.45, 7) is -0.0820. The molecule has 0 bridgehead atoms. The summed E-state index contributed by atoms with van der Waals surface area (Å²) in [5.41, 5.74) is 0.923. The summed E-state index contributed by atoms with van der Waals surface area (Å²) < 4.78 is 5.59. The largest absolute Gasteiger partial charge is 0.365 e. The van der Waals surface area contributed by atoms with E-state index in [1.54, 1.807) is 25.7 Å². The minimum absolute atomic E-state index is 0.249. The lowest BCUT2D eigenvalue weighted by atomic mass is 9.86. The van der Waals surface area contributed by atoms with E-state index in [1.807, 2.05) is 30.3 Å². The quantitative estimate of drug-likeness (QED) is 0.417. The highest BCUT2D eigenvalue weighted by Crippen LogP contribution is 2.33. The topological polar surface area (TPSA) is 69.4 Å². The van der Waals surface area contributed by atoms with Crippen LogP contribution in [0.3, 0.4) is 0 Å². The molecule has 0 aliphatic heterocycles. The number of nitrogens with zero attached hydrogens (tertiary/aromatic N) is 1. The van der Waals surface area contributed by atoms with Crippen molar-refractivity contribution >= 4 is 6.29 Å². The predicted octanol–water partition coefficient (Wildman–Crippen LogP) is 2.07. The molecule has 1 saturated carbocycles. The zero-order chi connectivity index (χ0) is 15.1. The van der Waals surface area contributed by atoms with E-state index >= 15 is 0 Å². The van der Waals surface area contributed by atoms with Crippen LogP contribution >= 0.6 is 0 Å². The Labute approximate surface area is 124 Å². The zero-order valence-corrected chi connectivity index (χ0v) is 11.4. The fraction of sp³-hybridized carbons (Fsp3) is 0.250. The summed E-state index contributed by atoms with van der Waals surface area (Å²) in [7, 11) is 0. The Kier molecular flexibility index (Phi) is 5.87. The first kappa shape index (κ1) is 15.6. The van der Waals surface area contributed by atoms with Gasteiger partial charge in [0.25, 0.3) is 0 Å². The van der Waals surface area contributed by atoms with Gasteiger partial charge in [0.15, 0.2) is 0 Å². The molecule has 109 valence electrons. The number of hydrogen-bond donors (Lipinski definition) is 0. The van der Waals surface area contributed by atoms with Crippen molar-refractivity contribution in [3.8, 4) is 0 Å². The molecule has 0 amide bonds. The molecule has 0 heterocycles. The summed E-state index contributed by atoms with van der Waals surface area (Å²) in [6.07, 6.45) is 6.94. The first-order chi connectivity index (χ1) is 10.2. The monoisotopic (exact) mass is 286 g/mol. The number of carbonyl (C=O) groups excluding carboxylic acids is 1. The Balaban J connectivity index is 2.00. The van der Waals surface area contributed by atoms with Crippen LogP contribution in [0.5, 0.6) is 0 Å². The molecule has 0 spiro atoms. The fourth-order valence-corrected chi connectivity index (χ4v) is 2.21. The number of ether oxygens (including phenoxy) is 1. The highest BCUT2D eigenvalue weighted by atomic mass is 16.6. The number of nitro groups is 1. The van der Waals surface area contributed by atoms with Crippen LogP contribution in [0.4, 0.5) is 0 Å². The molecule has 2 atom stereocenters. The SMILES string of the molecule is O=C[C@H](OCc1ccccc1)[C@H](C[N+](=O)[O-])[C]1[CH][CH][CH][CH]1. The zero-order valence-electron chi connectivity index (χ0n) is 11.4. The molecule has 0 unspecified atom stereocenters. The molecule has 1 aliphatic carbocycles. The molecule has 0 aromatic heterocycles. The Morgan fingerprint density at radius 3 is 2.43 bits per heavy atom. The van der Waals surface area contributed by atoms with Crippen molar-refractivity contribution in [3.05, 3.63) is 77.6 Å². The Hall–Kier alpha value is -1.75. The highest BCUT2D eigenvalue weighted by Gasteiger charge is 2.36. The third-order valence-corrected chi connectivity index (χ3v) is 3.28. The Bertz CT molecular complexity index is 457. The van der Waals surface area contributed by atoms with Crippen LogP contribution in [0.1, 0.15) is 5.56 Å². The molecule has 5 radical (unpaired) electrons. The number of hydrogen-bond acceptors (Lipinski definition) is 4. The number of benzene rings is 1. The van der Waals surface area contributed by atoms with Crippen LogP contribution in [0.15, 0.2) is 30.3 Å². The lowest BCUT2D eigenvalue weighted by molar-refractivity contribution is -0.488. The normalized spacial score (nSPS) is 18.3. The smallest absolute Gasteiger partial charge is 0.210 e.